The SMILES string of the molecule is CC1CCN(S(=O)(=O)c2ccc(CN3C(=O)c4cccnc4C3=O)cc2)CC1. The molecule has 0 N–H and O–H groups in total. The fourth-order valence-electron chi connectivity index (χ4n) is 3.58. The number of carbonyl (C=O) groups is 2. The Balaban J connectivity index is 1.50. The molecule has 146 valence electrons. The smallest absolute Gasteiger partial charge is 0.268 e. The second-order valence-corrected chi connectivity index (χ2v) is 9.26. The van der Waals surface area contributed by atoms with E-state index in [1.54, 1.807) is 36.4 Å². The van der Waals surface area contributed by atoms with Crippen LogP contribution in [-0.4, -0.2) is 47.5 Å². The molecule has 0 atom stereocenters. The van der Waals surface area contributed by atoms with Crippen molar-refractivity contribution in [2.24, 2.45) is 5.92 Å². The van der Waals surface area contributed by atoms with Gasteiger partial charge in [0.25, 0.3) is 11.8 Å². The average Bonchev–Trinajstić information content (AvgIpc) is 2.94. The van der Waals surface area contributed by atoms with Crippen LogP contribution in [0.2, 0.25) is 0 Å². The number of hydrogen-bond donors (Lipinski definition) is 0. The summed E-state index contributed by atoms with van der Waals surface area (Å²) in [5.74, 6) is -0.269. The van der Waals surface area contributed by atoms with Crippen molar-refractivity contribution in [3.63, 3.8) is 0 Å². The van der Waals surface area contributed by atoms with Gasteiger partial charge in [0.05, 0.1) is 17.0 Å². The van der Waals surface area contributed by atoms with E-state index in [0.29, 0.717) is 30.1 Å². The third-order valence-corrected chi connectivity index (χ3v) is 7.29. The molecule has 1 saturated heterocycles. The maximum Gasteiger partial charge on any atom is 0.280 e. The first-order valence-electron chi connectivity index (χ1n) is 9.28. The van der Waals surface area contributed by atoms with E-state index in [1.165, 1.54) is 10.5 Å². The van der Waals surface area contributed by atoms with Gasteiger partial charge < -0.3 is 0 Å². The zero-order valence-electron chi connectivity index (χ0n) is 15.5. The maximum absolute atomic E-state index is 12.8. The second kappa shape index (κ2) is 7.10. The monoisotopic (exact) mass is 399 g/mol. The molecule has 0 saturated carbocycles. The Morgan fingerprint density at radius 2 is 1.71 bits per heavy atom. The minimum atomic E-state index is -3.52. The molecule has 8 heteroatoms. The summed E-state index contributed by atoms with van der Waals surface area (Å²) in [6.07, 6.45) is 3.21. The van der Waals surface area contributed by atoms with Crippen LogP contribution < -0.4 is 0 Å². The molecule has 2 aliphatic heterocycles. The number of imide groups is 1. The topological polar surface area (TPSA) is 87.7 Å². The molecule has 28 heavy (non-hydrogen) atoms. The molecule has 0 radical (unpaired) electrons. The highest BCUT2D eigenvalue weighted by atomic mass is 32.2. The van der Waals surface area contributed by atoms with Crippen LogP contribution >= 0.6 is 0 Å². The number of hydrogen-bond acceptors (Lipinski definition) is 5. The van der Waals surface area contributed by atoms with Gasteiger partial charge in [0.1, 0.15) is 5.69 Å². The van der Waals surface area contributed by atoms with Gasteiger partial charge >= 0.3 is 0 Å². The number of fused-ring (bicyclic) bond motifs is 1. The summed E-state index contributed by atoms with van der Waals surface area (Å²) in [5.41, 5.74) is 1.14. The lowest BCUT2D eigenvalue weighted by molar-refractivity contribution is 0.0640. The van der Waals surface area contributed by atoms with E-state index < -0.39 is 15.9 Å². The first-order chi connectivity index (χ1) is 13.4. The minimum Gasteiger partial charge on any atom is -0.268 e. The molecule has 4 rings (SSSR count). The number of amides is 2. The highest BCUT2D eigenvalue weighted by molar-refractivity contribution is 7.89. The van der Waals surface area contributed by atoms with Crippen LogP contribution in [-0.2, 0) is 16.6 Å². The highest BCUT2D eigenvalue weighted by Crippen LogP contribution is 2.25. The van der Waals surface area contributed by atoms with Crippen molar-refractivity contribution in [2.75, 3.05) is 13.1 Å². The first-order valence-corrected chi connectivity index (χ1v) is 10.7. The van der Waals surface area contributed by atoms with Crippen LogP contribution in [0.15, 0.2) is 47.5 Å². The normalized spacial score (nSPS) is 18.5. The first kappa shape index (κ1) is 18.8. The quantitative estimate of drug-likeness (QED) is 0.736. The van der Waals surface area contributed by atoms with Gasteiger partial charge in [-0.25, -0.2) is 8.42 Å². The number of benzene rings is 1. The van der Waals surface area contributed by atoms with Gasteiger partial charge in [-0.3, -0.25) is 19.5 Å². The molecule has 3 heterocycles. The van der Waals surface area contributed by atoms with Crippen molar-refractivity contribution in [3.8, 4) is 0 Å². The van der Waals surface area contributed by atoms with Crippen molar-refractivity contribution >= 4 is 21.8 Å². The lowest BCUT2D eigenvalue weighted by Gasteiger charge is -2.29. The zero-order chi connectivity index (χ0) is 19.9. The van der Waals surface area contributed by atoms with E-state index in [9.17, 15) is 18.0 Å². The molecule has 0 aliphatic carbocycles. The van der Waals surface area contributed by atoms with E-state index in [4.69, 9.17) is 0 Å². The van der Waals surface area contributed by atoms with Gasteiger partial charge in [-0.05, 0) is 48.6 Å². The molecular weight excluding hydrogens is 378 g/mol. The summed E-state index contributed by atoms with van der Waals surface area (Å²) in [4.78, 5) is 30.2. The van der Waals surface area contributed by atoms with E-state index in [0.717, 1.165) is 17.7 Å². The molecule has 0 unspecified atom stereocenters. The largest absolute Gasteiger partial charge is 0.280 e. The number of nitrogens with zero attached hydrogens (tertiary/aromatic N) is 3. The molecule has 0 bridgehead atoms. The summed E-state index contributed by atoms with van der Waals surface area (Å²) in [6, 6.07) is 9.58. The fourth-order valence-corrected chi connectivity index (χ4v) is 5.05. The average molecular weight is 399 g/mol. The Kier molecular flexibility index (Phi) is 4.76. The Morgan fingerprint density at radius 3 is 2.36 bits per heavy atom. The van der Waals surface area contributed by atoms with Crippen LogP contribution in [0.4, 0.5) is 0 Å². The number of rotatable bonds is 4. The van der Waals surface area contributed by atoms with E-state index in [2.05, 4.69) is 11.9 Å². The summed E-state index contributed by atoms with van der Waals surface area (Å²) < 4.78 is 27.1. The van der Waals surface area contributed by atoms with Crippen molar-refractivity contribution in [3.05, 3.63) is 59.4 Å². The lowest BCUT2D eigenvalue weighted by atomic mass is 10.0. The van der Waals surface area contributed by atoms with Crippen LogP contribution in [0.25, 0.3) is 0 Å². The molecule has 2 aliphatic rings. The van der Waals surface area contributed by atoms with Crippen molar-refractivity contribution in [1.82, 2.24) is 14.2 Å². The van der Waals surface area contributed by atoms with Crippen molar-refractivity contribution in [1.29, 1.82) is 0 Å². The number of piperidine rings is 1. The Hall–Kier alpha value is -2.58. The molecule has 1 fully saturated rings. The fraction of sp³-hybridized carbons (Fsp3) is 0.350. The summed E-state index contributed by atoms with van der Waals surface area (Å²) >= 11 is 0. The summed E-state index contributed by atoms with van der Waals surface area (Å²) in [6.45, 7) is 3.28. The summed E-state index contributed by atoms with van der Waals surface area (Å²) in [7, 11) is -3.52. The van der Waals surface area contributed by atoms with Crippen LogP contribution in [0, 0.1) is 5.92 Å². The Morgan fingerprint density at radius 1 is 1.04 bits per heavy atom. The standard InChI is InChI=1S/C20H21N3O4S/c1-14-8-11-22(12-9-14)28(26,27)16-6-4-15(5-7-16)13-23-19(24)17-3-2-10-21-18(17)20(23)25/h2-7,10,14H,8-9,11-13H2,1H3. The van der Waals surface area contributed by atoms with Crippen LogP contribution in [0.5, 0.6) is 0 Å². The molecule has 2 aromatic rings. The number of sulfonamides is 1. The molecule has 0 spiro atoms. The van der Waals surface area contributed by atoms with Gasteiger partial charge in [-0.15, -0.1) is 0 Å². The predicted molar refractivity (Wildman–Crippen MR) is 102 cm³/mol. The molecular formula is C20H21N3O4S. The van der Waals surface area contributed by atoms with Crippen LogP contribution in [0.1, 0.15) is 46.2 Å². The maximum atomic E-state index is 12.8. The Labute approximate surface area is 164 Å². The predicted octanol–water partition coefficient (Wildman–Crippen LogP) is 2.30. The van der Waals surface area contributed by atoms with E-state index in [1.807, 2.05) is 0 Å². The Bertz CT molecular complexity index is 991. The number of carbonyl (C=O) groups excluding carboxylic acids is 2. The molecule has 1 aromatic heterocycles. The molecule has 2 amide bonds. The molecule has 7 nitrogen and oxygen atoms in total. The molecule has 1 aromatic carbocycles. The minimum absolute atomic E-state index is 0.0790. The van der Waals surface area contributed by atoms with Gasteiger partial charge in [0, 0.05) is 19.3 Å². The van der Waals surface area contributed by atoms with E-state index in [-0.39, 0.29) is 23.0 Å². The number of pyridine rings is 1. The number of aromatic nitrogens is 1. The van der Waals surface area contributed by atoms with Crippen molar-refractivity contribution < 1.29 is 18.0 Å². The summed E-state index contributed by atoms with van der Waals surface area (Å²) in [5, 5.41) is 0. The third-order valence-electron chi connectivity index (χ3n) is 5.38. The van der Waals surface area contributed by atoms with Crippen LogP contribution in [0.3, 0.4) is 0 Å². The highest BCUT2D eigenvalue weighted by Gasteiger charge is 2.36. The van der Waals surface area contributed by atoms with Crippen molar-refractivity contribution in [2.45, 2.75) is 31.2 Å². The third kappa shape index (κ3) is 3.22. The second-order valence-electron chi connectivity index (χ2n) is 7.33. The van der Waals surface area contributed by atoms with Gasteiger partial charge in [0.2, 0.25) is 10.0 Å². The van der Waals surface area contributed by atoms with E-state index >= 15 is 0 Å². The van der Waals surface area contributed by atoms with Gasteiger partial charge in [0.15, 0.2) is 0 Å². The zero-order valence-corrected chi connectivity index (χ0v) is 16.4. The van der Waals surface area contributed by atoms with Gasteiger partial charge in [-0.1, -0.05) is 19.1 Å². The lowest BCUT2D eigenvalue weighted by Crippen LogP contribution is -2.37. The van der Waals surface area contributed by atoms with Gasteiger partial charge in [-0.2, -0.15) is 4.31 Å².